The molecule has 1 N–H and O–H groups in total. The van der Waals surface area contributed by atoms with E-state index in [0.29, 0.717) is 0 Å². The summed E-state index contributed by atoms with van der Waals surface area (Å²) in [6.45, 7) is 6.79. The molecule has 0 saturated carbocycles. The van der Waals surface area contributed by atoms with Gasteiger partial charge in [0.2, 0.25) is 0 Å². The highest BCUT2D eigenvalue weighted by Crippen LogP contribution is 2.10. The first kappa shape index (κ1) is 11.2. The molecule has 0 aromatic carbocycles. The summed E-state index contributed by atoms with van der Waals surface area (Å²) in [5.41, 5.74) is 2.17. The Bertz CT molecular complexity index is 261. The lowest BCUT2D eigenvalue weighted by Crippen LogP contribution is -2.26. The number of rotatable bonds is 5. The molecule has 0 bridgehead atoms. The van der Waals surface area contributed by atoms with Crippen molar-refractivity contribution in [3.63, 3.8) is 0 Å². The van der Waals surface area contributed by atoms with Gasteiger partial charge in [0.1, 0.15) is 5.76 Å². The number of likely N-dealkylation sites (N-methyl/N-ethyl adjacent to an activating group) is 1. The number of aromatic nitrogens is 1. The Morgan fingerprint density at radius 2 is 2.07 bits per heavy atom. The first-order valence-electron chi connectivity index (χ1n) is 4.88. The van der Waals surface area contributed by atoms with Gasteiger partial charge in [-0.15, -0.1) is 0 Å². The summed E-state index contributed by atoms with van der Waals surface area (Å²) >= 11 is 0. The molecule has 1 aromatic heterocycles. The largest absolute Gasteiger partial charge is 0.361 e. The third kappa shape index (κ3) is 3.12. The minimum absolute atomic E-state index is 0.842. The van der Waals surface area contributed by atoms with Crippen molar-refractivity contribution in [1.29, 1.82) is 0 Å². The number of aryl methyl sites for hydroxylation is 2. The van der Waals surface area contributed by atoms with Crippen molar-refractivity contribution in [1.82, 2.24) is 15.4 Å². The van der Waals surface area contributed by atoms with E-state index < -0.39 is 0 Å². The average Bonchev–Trinajstić information content (AvgIpc) is 2.42. The van der Waals surface area contributed by atoms with Crippen LogP contribution < -0.4 is 5.32 Å². The molecule has 0 saturated heterocycles. The Kier molecular flexibility index (Phi) is 4.10. The molecule has 0 fully saturated rings. The first-order chi connectivity index (χ1) is 6.61. The SMILES string of the molecule is Cc1noc(C)c1CNCCN(C)C. The third-order valence-corrected chi connectivity index (χ3v) is 2.22. The number of nitrogens with zero attached hydrogens (tertiary/aromatic N) is 2. The van der Waals surface area contributed by atoms with Crippen molar-refractivity contribution in [2.24, 2.45) is 0 Å². The molecular formula is C10H19N3O. The van der Waals surface area contributed by atoms with Crippen LogP contribution in [-0.4, -0.2) is 37.2 Å². The lowest BCUT2D eigenvalue weighted by atomic mass is 10.2. The smallest absolute Gasteiger partial charge is 0.138 e. The van der Waals surface area contributed by atoms with Crippen molar-refractivity contribution in [3.05, 3.63) is 17.0 Å². The molecule has 0 spiro atoms. The molecule has 0 aliphatic carbocycles. The lowest BCUT2D eigenvalue weighted by Gasteiger charge is -2.09. The predicted molar refractivity (Wildman–Crippen MR) is 56.2 cm³/mol. The Labute approximate surface area is 85.3 Å². The molecule has 4 heteroatoms. The summed E-state index contributed by atoms with van der Waals surface area (Å²) in [6.07, 6.45) is 0. The highest BCUT2D eigenvalue weighted by atomic mass is 16.5. The second-order valence-electron chi connectivity index (χ2n) is 3.78. The summed E-state index contributed by atoms with van der Waals surface area (Å²) in [5, 5.41) is 7.26. The number of hydrogen-bond acceptors (Lipinski definition) is 4. The van der Waals surface area contributed by atoms with E-state index in [1.54, 1.807) is 0 Å². The summed E-state index contributed by atoms with van der Waals surface area (Å²) in [6, 6.07) is 0. The van der Waals surface area contributed by atoms with Gasteiger partial charge in [0.25, 0.3) is 0 Å². The van der Waals surface area contributed by atoms with Crippen molar-refractivity contribution >= 4 is 0 Å². The Balaban J connectivity index is 2.31. The van der Waals surface area contributed by atoms with Gasteiger partial charge < -0.3 is 14.7 Å². The summed E-state index contributed by atoms with van der Waals surface area (Å²) < 4.78 is 5.07. The van der Waals surface area contributed by atoms with Gasteiger partial charge in [0, 0.05) is 25.2 Å². The minimum atomic E-state index is 0.842. The quantitative estimate of drug-likeness (QED) is 0.713. The normalized spacial score (nSPS) is 11.2. The number of nitrogens with one attached hydrogen (secondary N) is 1. The van der Waals surface area contributed by atoms with E-state index >= 15 is 0 Å². The number of hydrogen-bond donors (Lipinski definition) is 1. The zero-order chi connectivity index (χ0) is 10.6. The monoisotopic (exact) mass is 197 g/mol. The fourth-order valence-electron chi connectivity index (χ4n) is 1.27. The maximum atomic E-state index is 5.07. The highest BCUT2D eigenvalue weighted by molar-refractivity contribution is 5.20. The summed E-state index contributed by atoms with van der Waals surface area (Å²) in [4.78, 5) is 2.15. The molecule has 0 unspecified atom stereocenters. The fraction of sp³-hybridized carbons (Fsp3) is 0.700. The van der Waals surface area contributed by atoms with Gasteiger partial charge >= 0.3 is 0 Å². The molecule has 14 heavy (non-hydrogen) atoms. The van der Waals surface area contributed by atoms with E-state index in [2.05, 4.69) is 29.5 Å². The average molecular weight is 197 g/mol. The lowest BCUT2D eigenvalue weighted by molar-refractivity contribution is 0.389. The third-order valence-electron chi connectivity index (χ3n) is 2.22. The molecule has 1 rings (SSSR count). The van der Waals surface area contributed by atoms with Crippen molar-refractivity contribution in [2.75, 3.05) is 27.2 Å². The van der Waals surface area contributed by atoms with E-state index in [9.17, 15) is 0 Å². The first-order valence-corrected chi connectivity index (χ1v) is 4.88. The molecule has 0 aliphatic rings. The second kappa shape index (κ2) is 5.12. The molecule has 0 radical (unpaired) electrons. The molecule has 0 amide bonds. The maximum Gasteiger partial charge on any atom is 0.138 e. The Morgan fingerprint density at radius 1 is 1.36 bits per heavy atom. The Morgan fingerprint density at radius 3 is 2.57 bits per heavy atom. The maximum absolute atomic E-state index is 5.07. The van der Waals surface area contributed by atoms with Gasteiger partial charge in [-0.3, -0.25) is 0 Å². The zero-order valence-electron chi connectivity index (χ0n) is 9.42. The van der Waals surface area contributed by atoms with Crippen molar-refractivity contribution in [3.8, 4) is 0 Å². The molecule has 80 valence electrons. The van der Waals surface area contributed by atoms with E-state index in [1.165, 1.54) is 5.56 Å². The van der Waals surface area contributed by atoms with E-state index in [1.807, 2.05) is 13.8 Å². The molecule has 0 atom stereocenters. The fourth-order valence-corrected chi connectivity index (χ4v) is 1.27. The Hall–Kier alpha value is -0.870. The van der Waals surface area contributed by atoms with Crippen LogP contribution in [-0.2, 0) is 6.54 Å². The van der Waals surface area contributed by atoms with Crippen LogP contribution in [0.1, 0.15) is 17.0 Å². The van der Waals surface area contributed by atoms with Crippen molar-refractivity contribution in [2.45, 2.75) is 20.4 Å². The van der Waals surface area contributed by atoms with Crippen LogP contribution in [0.25, 0.3) is 0 Å². The molecule has 1 heterocycles. The van der Waals surface area contributed by atoms with Gasteiger partial charge in [0.05, 0.1) is 5.69 Å². The standard InChI is InChI=1S/C10H19N3O/c1-8-10(9(2)14-12-8)7-11-5-6-13(3)4/h11H,5-7H2,1-4H3. The van der Waals surface area contributed by atoms with E-state index in [0.717, 1.165) is 31.1 Å². The molecule has 0 aliphatic heterocycles. The molecular weight excluding hydrogens is 178 g/mol. The highest BCUT2D eigenvalue weighted by Gasteiger charge is 2.07. The van der Waals surface area contributed by atoms with Crippen LogP contribution in [0, 0.1) is 13.8 Å². The van der Waals surface area contributed by atoms with Crippen molar-refractivity contribution < 1.29 is 4.52 Å². The van der Waals surface area contributed by atoms with Crippen LogP contribution in [0.5, 0.6) is 0 Å². The molecule has 1 aromatic rings. The second-order valence-corrected chi connectivity index (χ2v) is 3.78. The van der Waals surface area contributed by atoms with E-state index in [4.69, 9.17) is 4.52 Å². The van der Waals surface area contributed by atoms with Gasteiger partial charge in [0.15, 0.2) is 0 Å². The van der Waals surface area contributed by atoms with Crippen LogP contribution in [0.4, 0.5) is 0 Å². The van der Waals surface area contributed by atoms with Crippen LogP contribution in [0.2, 0.25) is 0 Å². The minimum Gasteiger partial charge on any atom is -0.361 e. The zero-order valence-corrected chi connectivity index (χ0v) is 9.42. The topological polar surface area (TPSA) is 41.3 Å². The van der Waals surface area contributed by atoms with Gasteiger partial charge in [-0.25, -0.2) is 0 Å². The summed E-state index contributed by atoms with van der Waals surface area (Å²) in [5.74, 6) is 0.917. The van der Waals surface area contributed by atoms with Gasteiger partial charge in [-0.05, 0) is 27.9 Å². The van der Waals surface area contributed by atoms with Gasteiger partial charge in [-0.2, -0.15) is 0 Å². The van der Waals surface area contributed by atoms with Crippen LogP contribution >= 0.6 is 0 Å². The predicted octanol–water partition coefficient (Wildman–Crippen LogP) is 0.943. The van der Waals surface area contributed by atoms with Crippen LogP contribution in [0.15, 0.2) is 4.52 Å². The van der Waals surface area contributed by atoms with Crippen LogP contribution in [0.3, 0.4) is 0 Å². The van der Waals surface area contributed by atoms with Gasteiger partial charge in [-0.1, -0.05) is 5.16 Å². The molecule has 4 nitrogen and oxygen atoms in total. The van der Waals surface area contributed by atoms with E-state index in [-0.39, 0.29) is 0 Å². The summed E-state index contributed by atoms with van der Waals surface area (Å²) in [7, 11) is 4.13.